The number of benzene rings is 2. The predicted octanol–water partition coefficient (Wildman–Crippen LogP) is 4.34. The molecule has 37 heavy (non-hydrogen) atoms. The van der Waals surface area contributed by atoms with Crippen molar-refractivity contribution in [3.05, 3.63) is 87.8 Å². The van der Waals surface area contributed by atoms with Crippen LogP contribution in [0.25, 0.3) is 22.5 Å². The molecule has 0 aliphatic rings. The number of aromatic nitrogens is 5. The molecule has 4 rings (SSSR count). The molecule has 0 bridgehead atoms. The maximum absolute atomic E-state index is 12.6. The highest BCUT2D eigenvalue weighted by Crippen LogP contribution is 2.31. The first-order valence-electron chi connectivity index (χ1n) is 12.4. The Bertz CT molecular complexity index is 1410. The van der Waals surface area contributed by atoms with Crippen LogP contribution in [0.15, 0.2) is 65.6 Å². The van der Waals surface area contributed by atoms with E-state index in [-0.39, 0.29) is 24.3 Å². The summed E-state index contributed by atoms with van der Waals surface area (Å²) >= 11 is 0. The van der Waals surface area contributed by atoms with E-state index in [2.05, 4.69) is 46.7 Å². The standard InChI is InChI=1S/C28H31N5O4/c1-4-6-9-22-16-26(34)25(28(35)37-5-2)18-32(22)17-20-12-14-21(15-13-20)23-10-7-8-11-24(23)27-29-30-31-33(27)19-36-3/h7-8,10-16,18H,4-6,9,17,19H2,1-3H3. The van der Waals surface area contributed by atoms with Gasteiger partial charge in [0.15, 0.2) is 11.3 Å². The van der Waals surface area contributed by atoms with Crippen LogP contribution in [-0.4, -0.2) is 44.5 Å². The Balaban J connectivity index is 1.65. The van der Waals surface area contributed by atoms with Crippen LogP contribution in [0.3, 0.4) is 0 Å². The molecule has 0 aliphatic carbocycles. The molecule has 0 aliphatic heterocycles. The molecule has 0 saturated heterocycles. The van der Waals surface area contributed by atoms with Crippen molar-refractivity contribution in [3.8, 4) is 22.5 Å². The van der Waals surface area contributed by atoms with Crippen molar-refractivity contribution in [2.45, 2.75) is 46.4 Å². The van der Waals surface area contributed by atoms with Gasteiger partial charge in [-0.2, -0.15) is 4.68 Å². The van der Waals surface area contributed by atoms with Crippen LogP contribution >= 0.6 is 0 Å². The lowest BCUT2D eigenvalue weighted by Gasteiger charge is -2.16. The molecule has 9 nitrogen and oxygen atoms in total. The summed E-state index contributed by atoms with van der Waals surface area (Å²) in [5.74, 6) is 0.0351. The van der Waals surface area contributed by atoms with E-state index < -0.39 is 5.97 Å². The molecule has 2 aromatic carbocycles. The Labute approximate surface area is 215 Å². The normalized spacial score (nSPS) is 11.0. The Morgan fingerprint density at radius 3 is 2.49 bits per heavy atom. The van der Waals surface area contributed by atoms with Crippen molar-refractivity contribution >= 4 is 5.97 Å². The number of hydrogen-bond donors (Lipinski definition) is 0. The third-order valence-electron chi connectivity index (χ3n) is 6.07. The van der Waals surface area contributed by atoms with Gasteiger partial charge in [-0.1, -0.05) is 61.9 Å². The number of carbonyl (C=O) groups is 1. The summed E-state index contributed by atoms with van der Waals surface area (Å²) in [6.45, 7) is 4.84. The molecule has 9 heteroatoms. The van der Waals surface area contributed by atoms with E-state index in [4.69, 9.17) is 9.47 Å². The zero-order valence-electron chi connectivity index (χ0n) is 21.4. The highest BCUT2D eigenvalue weighted by molar-refractivity contribution is 5.89. The second kappa shape index (κ2) is 12.2. The monoisotopic (exact) mass is 501 g/mol. The van der Waals surface area contributed by atoms with Crippen molar-refractivity contribution in [2.75, 3.05) is 13.7 Å². The number of unbranched alkanes of at least 4 members (excludes halogenated alkanes) is 1. The van der Waals surface area contributed by atoms with E-state index in [1.807, 2.05) is 28.8 Å². The number of aryl methyl sites for hydroxylation is 1. The van der Waals surface area contributed by atoms with Crippen LogP contribution in [0.5, 0.6) is 0 Å². The summed E-state index contributed by atoms with van der Waals surface area (Å²) in [6, 6.07) is 17.7. The molecule has 0 unspecified atom stereocenters. The van der Waals surface area contributed by atoms with E-state index in [0.29, 0.717) is 12.4 Å². The van der Waals surface area contributed by atoms with Crippen LogP contribution < -0.4 is 5.43 Å². The van der Waals surface area contributed by atoms with E-state index in [1.165, 1.54) is 0 Å². The highest BCUT2D eigenvalue weighted by Gasteiger charge is 2.16. The molecule has 0 amide bonds. The van der Waals surface area contributed by atoms with Gasteiger partial charge in [-0.15, -0.1) is 5.10 Å². The first-order valence-corrected chi connectivity index (χ1v) is 12.4. The molecule has 192 valence electrons. The molecule has 0 atom stereocenters. The van der Waals surface area contributed by atoms with Gasteiger partial charge in [-0.25, -0.2) is 4.79 Å². The zero-order chi connectivity index (χ0) is 26.2. The third-order valence-corrected chi connectivity index (χ3v) is 6.07. The first-order chi connectivity index (χ1) is 18.0. The van der Waals surface area contributed by atoms with Gasteiger partial charge >= 0.3 is 5.97 Å². The molecular formula is C28H31N5O4. The number of hydrogen-bond acceptors (Lipinski definition) is 7. The summed E-state index contributed by atoms with van der Waals surface area (Å²) in [7, 11) is 1.60. The molecule has 0 fully saturated rings. The minimum atomic E-state index is -0.592. The summed E-state index contributed by atoms with van der Waals surface area (Å²) in [6.07, 6.45) is 4.35. The molecule has 0 N–H and O–H groups in total. The van der Waals surface area contributed by atoms with Crippen LogP contribution in [0.2, 0.25) is 0 Å². The fourth-order valence-electron chi connectivity index (χ4n) is 4.22. The Morgan fingerprint density at radius 2 is 1.78 bits per heavy atom. The largest absolute Gasteiger partial charge is 0.462 e. The van der Waals surface area contributed by atoms with Gasteiger partial charge in [0.05, 0.1) is 6.61 Å². The lowest BCUT2D eigenvalue weighted by atomic mass is 9.98. The molecule has 2 heterocycles. The number of carbonyl (C=O) groups excluding carboxylic acids is 1. The van der Waals surface area contributed by atoms with Gasteiger partial charge in [0, 0.05) is 37.2 Å². The summed E-state index contributed by atoms with van der Waals surface area (Å²) < 4.78 is 13.9. The molecule has 0 radical (unpaired) electrons. The summed E-state index contributed by atoms with van der Waals surface area (Å²) in [5, 5.41) is 12.0. The second-order valence-corrected chi connectivity index (χ2v) is 8.66. The quantitative estimate of drug-likeness (QED) is 0.282. The average molecular weight is 502 g/mol. The van der Waals surface area contributed by atoms with Crippen LogP contribution in [0, 0.1) is 0 Å². The van der Waals surface area contributed by atoms with Gasteiger partial charge in [0.25, 0.3) is 0 Å². The fourth-order valence-corrected chi connectivity index (χ4v) is 4.22. The Hall–Kier alpha value is -4.11. The van der Waals surface area contributed by atoms with E-state index in [9.17, 15) is 9.59 Å². The van der Waals surface area contributed by atoms with Crippen molar-refractivity contribution in [2.24, 2.45) is 0 Å². The maximum Gasteiger partial charge on any atom is 0.343 e. The SMILES string of the molecule is CCCCc1cc(=O)c(C(=O)OCC)cn1Cc1ccc(-c2ccccc2-c2nnnn2COC)cc1. The number of methoxy groups -OCH3 is 1. The lowest BCUT2D eigenvalue weighted by Crippen LogP contribution is -2.22. The lowest BCUT2D eigenvalue weighted by molar-refractivity contribution is 0.0523. The average Bonchev–Trinajstić information content (AvgIpc) is 3.37. The Morgan fingerprint density at radius 1 is 1.03 bits per heavy atom. The highest BCUT2D eigenvalue weighted by atomic mass is 16.5. The van der Waals surface area contributed by atoms with Crippen molar-refractivity contribution in [1.29, 1.82) is 0 Å². The number of pyridine rings is 1. The minimum Gasteiger partial charge on any atom is -0.462 e. The zero-order valence-corrected chi connectivity index (χ0v) is 21.4. The Kier molecular flexibility index (Phi) is 8.58. The number of tetrazole rings is 1. The number of nitrogens with zero attached hydrogens (tertiary/aromatic N) is 5. The number of rotatable bonds is 11. The first kappa shape index (κ1) is 26.0. The fraction of sp³-hybridized carbons (Fsp3) is 0.321. The van der Waals surface area contributed by atoms with Crippen LogP contribution in [0.1, 0.15) is 48.3 Å². The van der Waals surface area contributed by atoms with Gasteiger partial charge in [0.1, 0.15) is 12.3 Å². The summed E-state index contributed by atoms with van der Waals surface area (Å²) in [4.78, 5) is 24.9. The van der Waals surface area contributed by atoms with Gasteiger partial charge < -0.3 is 14.0 Å². The topological polar surface area (TPSA) is 101 Å². The van der Waals surface area contributed by atoms with Gasteiger partial charge in [-0.05, 0) is 46.9 Å². The van der Waals surface area contributed by atoms with Crippen molar-refractivity contribution < 1.29 is 14.3 Å². The van der Waals surface area contributed by atoms with E-state index in [0.717, 1.165) is 47.2 Å². The third kappa shape index (κ3) is 6.00. The number of ether oxygens (including phenoxy) is 2. The molecule has 0 spiro atoms. The van der Waals surface area contributed by atoms with Crippen molar-refractivity contribution in [3.63, 3.8) is 0 Å². The van der Waals surface area contributed by atoms with Gasteiger partial charge in [-0.3, -0.25) is 4.79 Å². The number of esters is 1. The van der Waals surface area contributed by atoms with E-state index >= 15 is 0 Å². The van der Waals surface area contributed by atoms with Crippen LogP contribution in [-0.2, 0) is 29.2 Å². The molecule has 0 saturated carbocycles. The molecule has 2 aromatic heterocycles. The van der Waals surface area contributed by atoms with E-state index in [1.54, 1.807) is 31.0 Å². The maximum atomic E-state index is 12.6. The van der Waals surface area contributed by atoms with Crippen molar-refractivity contribution in [1.82, 2.24) is 24.8 Å². The molecular weight excluding hydrogens is 470 g/mol. The van der Waals surface area contributed by atoms with Crippen LogP contribution in [0.4, 0.5) is 0 Å². The summed E-state index contributed by atoms with van der Waals surface area (Å²) in [5.41, 5.74) is 4.62. The minimum absolute atomic E-state index is 0.0569. The smallest absolute Gasteiger partial charge is 0.343 e. The van der Waals surface area contributed by atoms with Gasteiger partial charge in [0.2, 0.25) is 0 Å². The second-order valence-electron chi connectivity index (χ2n) is 8.66. The predicted molar refractivity (Wildman–Crippen MR) is 140 cm³/mol. The molecule has 4 aromatic rings.